The second-order valence-corrected chi connectivity index (χ2v) is 6.51. The van der Waals surface area contributed by atoms with Crippen molar-refractivity contribution in [2.75, 3.05) is 39.9 Å². The Hall–Kier alpha value is -0.700. The minimum atomic E-state index is -3.53. The molecule has 0 atom stereocenters. The second-order valence-electron chi connectivity index (χ2n) is 4.48. The highest BCUT2D eigenvalue weighted by Gasteiger charge is 2.33. The van der Waals surface area contributed by atoms with Crippen molar-refractivity contribution in [1.29, 1.82) is 0 Å². The summed E-state index contributed by atoms with van der Waals surface area (Å²) in [5.41, 5.74) is 0. The Balaban J connectivity index is 2.56. The lowest BCUT2D eigenvalue weighted by Gasteiger charge is -2.32. The molecule has 1 saturated heterocycles. The van der Waals surface area contributed by atoms with Gasteiger partial charge >= 0.3 is 5.97 Å². The van der Waals surface area contributed by atoms with E-state index in [0.717, 1.165) is 4.31 Å². The SMILES string of the molecule is CCOC(=O)C1CCN(S(=O)(=O)N(C)CCO)CC1. The Bertz CT molecular complexity index is 390. The van der Waals surface area contributed by atoms with Crippen LogP contribution in [0.2, 0.25) is 0 Å². The molecule has 1 heterocycles. The molecule has 112 valence electrons. The maximum atomic E-state index is 12.1. The third kappa shape index (κ3) is 4.13. The topological polar surface area (TPSA) is 87.2 Å². The maximum Gasteiger partial charge on any atom is 0.309 e. The standard InChI is InChI=1S/C11H22N2O5S/c1-3-18-11(15)10-4-6-13(7-5-10)19(16,17)12(2)8-9-14/h10,14H,3-9H2,1-2H3. The van der Waals surface area contributed by atoms with Gasteiger partial charge in [-0.1, -0.05) is 0 Å². The van der Waals surface area contributed by atoms with Gasteiger partial charge in [0, 0.05) is 26.7 Å². The first-order valence-corrected chi connectivity index (χ1v) is 7.82. The van der Waals surface area contributed by atoms with Gasteiger partial charge in [0.2, 0.25) is 0 Å². The molecule has 0 spiro atoms. The van der Waals surface area contributed by atoms with Crippen LogP contribution in [0.5, 0.6) is 0 Å². The normalized spacial score (nSPS) is 18.7. The summed E-state index contributed by atoms with van der Waals surface area (Å²) >= 11 is 0. The quantitative estimate of drug-likeness (QED) is 0.663. The number of likely N-dealkylation sites (N-methyl/N-ethyl adjacent to an activating group) is 1. The highest BCUT2D eigenvalue weighted by Crippen LogP contribution is 2.21. The van der Waals surface area contributed by atoms with Gasteiger partial charge in [0.25, 0.3) is 10.2 Å². The first kappa shape index (κ1) is 16.4. The van der Waals surface area contributed by atoms with E-state index < -0.39 is 10.2 Å². The van der Waals surface area contributed by atoms with Crippen LogP contribution in [-0.4, -0.2) is 68.0 Å². The van der Waals surface area contributed by atoms with Gasteiger partial charge in [-0.25, -0.2) is 0 Å². The van der Waals surface area contributed by atoms with Crippen molar-refractivity contribution < 1.29 is 23.1 Å². The van der Waals surface area contributed by atoms with Crippen molar-refractivity contribution in [3.05, 3.63) is 0 Å². The molecule has 1 rings (SSSR count). The first-order chi connectivity index (χ1) is 8.93. The van der Waals surface area contributed by atoms with Crippen LogP contribution in [0.3, 0.4) is 0 Å². The Kier molecular flexibility index (Phi) is 6.18. The van der Waals surface area contributed by atoms with Crippen molar-refractivity contribution in [1.82, 2.24) is 8.61 Å². The number of ether oxygens (including phenoxy) is 1. The zero-order chi connectivity index (χ0) is 14.5. The molecule has 19 heavy (non-hydrogen) atoms. The van der Waals surface area contributed by atoms with Gasteiger partial charge in [0.05, 0.1) is 19.1 Å². The average Bonchev–Trinajstić information content (AvgIpc) is 2.39. The van der Waals surface area contributed by atoms with Crippen LogP contribution >= 0.6 is 0 Å². The molecule has 0 aliphatic carbocycles. The van der Waals surface area contributed by atoms with Crippen LogP contribution < -0.4 is 0 Å². The zero-order valence-corrected chi connectivity index (χ0v) is 12.2. The fourth-order valence-corrected chi connectivity index (χ4v) is 3.41. The van der Waals surface area contributed by atoms with Gasteiger partial charge in [0.15, 0.2) is 0 Å². The van der Waals surface area contributed by atoms with Crippen LogP contribution in [0.1, 0.15) is 19.8 Å². The third-order valence-corrected chi connectivity index (χ3v) is 5.20. The second kappa shape index (κ2) is 7.18. The molecule has 0 saturated carbocycles. The lowest BCUT2D eigenvalue weighted by atomic mass is 9.98. The van der Waals surface area contributed by atoms with Crippen LogP contribution in [0.4, 0.5) is 0 Å². The molecule has 0 amide bonds. The molecule has 7 nitrogen and oxygen atoms in total. The minimum absolute atomic E-state index is 0.0696. The van der Waals surface area contributed by atoms with Crippen molar-refractivity contribution in [3.63, 3.8) is 0 Å². The van der Waals surface area contributed by atoms with Crippen LogP contribution in [0.25, 0.3) is 0 Å². The monoisotopic (exact) mass is 294 g/mol. The summed E-state index contributed by atoms with van der Waals surface area (Å²) < 4.78 is 31.6. The summed E-state index contributed by atoms with van der Waals surface area (Å²) in [4.78, 5) is 11.6. The van der Waals surface area contributed by atoms with E-state index in [1.165, 1.54) is 11.4 Å². The van der Waals surface area contributed by atoms with Crippen molar-refractivity contribution in [2.24, 2.45) is 5.92 Å². The highest BCUT2D eigenvalue weighted by atomic mass is 32.2. The summed E-state index contributed by atoms with van der Waals surface area (Å²) in [6.45, 7) is 2.57. The molecule has 8 heteroatoms. The number of nitrogens with zero attached hydrogens (tertiary/aromatic N) is 2. The lowest BCUT2D eigenvalue weighted by molar-refractivity contribution is -0.149. The molecule has 0 aromatic heterocycles. The van der Waals surface area contributed by atoms with Gasteiger partial charge in [-0.2, -0.15) is 17.0 Å². The Labute approximate surface area is 114 Å². The Morgan fingerprint density at radius 2 is 2.00 bits per heavy atom. The van der Waals surface area contributed by atoms with Crippen molar-refractivity contribution in [3.8, 4) is 0 Å². The summed E-state index contributed by atoms with van der Waals surface area (Å²) in [6.07, 6.45) is 0.954. The molecule has 1 aliphatic heterocycles. The molecule has 1 fully saturated rings. The van der Waals surface area contributed by atoms with E-state index in [1.54, 1.807) is 6.92 Å². The molecule has 0 aromatic carbocycles. The van der Waals surface area contributed by atoms with E-state index >= 15 is 0 Å². The zero-order valence-electron chi connectivity index (χ0n) is 11.4. The summed E-state index contributed by atoms with van der Waals surface area (Å²) in [6, 6.07) is 0. The molecule has 0 radical (unpaired) electrons. The average molecular weight is 294 g/mol. The predicted octanol–water partition coefficient (Wildman–Crippen LogP) is -0.570. The van der Waals surface area contributed by atoms with Crippen LogP contribution in [0.15, 0.2) is 0 Å². The number of hydrogen-bond donors (Lipinski definition) is 1. The number of aliphatic hydroxyl groups excluding tert-OH is 1. The molecule has 0 bridgehead atoms. The molecule has 1 aliphatic rings. The fraction of sp³-hybridized carbons (Fsp3) is 0.909. The van der Waals surface area contributed by atoms with Gasteiger partial charge in [-0.15, -0.1) is 0 Å². The summed E-state index contributed by atoms with van der Waals surface area (Å²) in [5.74, 6) is -0.460. The highest BCUT2D eigenvalue weighted by molar-refractivity contribution is 7.86. The van der Waals surface area contributed by atoms with Gasteiger partial charge < -0.3 is 9.84 Å². The molecule has 1 N–H and O–H groups in total. The molecular weight excluding hydrogens is 272 g/mol. The van der Waals surface area contributed by atoms with Crippen molar-refractivity contribution in [2.45, 2.75) is 19.8 Å². The smallest absolute Gasteiger partial charge is 0.309 e. The van der Waals surface area contributed by atoms with E-state index in [0.29, 0.717) is 32.5 Å². The third-order valence-electron chi connectivity index (χ3n) is 3.21. The molecule has 0 aromatic rings. The van der Waals surface area contributed by atoms with Crippen molar-refractivity contribution >= 4 is 16.2 Å². The number of esters is 1. The van der Waals surface area contributed by atoms with E-state index in [2.05, 4.69) is 0 Å². The number of carbonyl (C=O) groups is 1. The molecular formula is C11H22N2O5S. The minimum Gasteiger partial charge on any atom is -0.466 e. The predicted molar refractivity (Wildman–Crippen MR) is 69.6 cm³/mol. The number of piperidine rings is 1. The van der Waals surface area contributed by atoms with E-state index in [9.17, 15) is 13.2 Å². The maximum absolute atomic E-state index is 12.1. The van der Waals surface area contributed by atoms with Gasteiger partial charge in [0.1, 0.15) is 0 Å². The number of rotatable bonds is 6. The largest absolute Gasteiger partial charge is 0.466 e. The fourth-order valence-electron chi connectivity index (χ4n) is 2.04. The lowest BCUT2D eigenvalue weighted by Crippen LogP contribution is -2.47. The van der Waals surface area contributed by atoms with E-state index in [1.807, 2.05) is 0 Å². The van der Waals surface area contributed by atoms with Gasteiger partial charge in [-0.3, -0.25) is 4.79 Å². The summed E-state index contributed by atoms with van der Waals surface area (Å²) in [7, 11) is -2.10. The van der Waals surface area contributed by atoms with E-state index in [4.69, 9.17) is 9.84 Å². The Morgan fingerprint density at radius 1 is 1.42 bits per heavy atom. The number of aliphatic hydroxyl groups is 1. The van der Waals surface area contributed by atoms with Crippen LogP contribution in [-0.2, 0) is 19.7 Å². The number of carbonyl (C=O) groups excluding carboxylic acids is 1. The summed E-state index contributed by atoms with van der Waals surface area (Å²) in [5, 5.41) is 8.79. The molecule has 0 unspecified atom stereocenters. The first-order valence-electron chi connectivity index (χ1n) is 6.42. The van der Waals surface area contributed by atoms with Gasteiger partial charge in [-0.05, 0) is 19.8 Å². The Morgan fingerprint density at radius 3 is 2.47 bits per heavy atom. The number of hydrogen-bond acceptors (Lipinski definition) is 5. The van der Waals surface area contributed by atoms with Crippen LogP contribution in [0, 0.1) is 5.92 Å². The van der Waals surface area contributed by atoms with E-state index in [-0.39, 0.29) is 25.0 Å².